The van der Waals surface area contributed by atoms with Gasteiger partial charge in [0.2, 0.25) is 40.1 Å². The number of imidazole rings is 4. The highest BCUT2D eigenvalue weighted by molar-refractivity contribution is 7.90. The van der Waals surface area contributed by atoms with Gasteiger partial charge >= 0.3 is 0 Å². The molecule has 5 fully saturated rings. The summed E-state index contributed by atoms with van der Waals surface area (Å²) >= 11 is 0. The fraction of sp³-hybridized carbons (Fsp3) is 0.532. The fourth-order valence-corrected chi connectivity index (χ4v) is 24.1. The molecule has 12 aromatic rings. The van der Waals surface area contributed by atoms with Crippen molar-refractivity contribution < 1.29 is 52.6 Å². The topological polar surface area (TPSA) is 452 Å². The molecule has 17 rings (SSSR count). The number of fused-ring (bicyclic) bond motifs is 4. The molecule has 0 atom stereocenters. The van der Waals surface area contributed by atoms with Gasteiger partial charge < -0.3 is 53.6 Å². The molecule has 4 saturated heterocycles. The molecule has 0 amide bonds. The first-order valence-corrected chi connectivity index (χ1v) is 53.9. The van der Waals surface area contributed by atoms with E-state index < -0.39 is 40.1 Å². The number of ether oxygens (including phenoxy) is 4. The molecule has 5 aliphatic rings. The number of benzene rings is 4. The molecule has 0 spiro atoms. The van der Waals surface area contributed by atoms with Crippen LogP contribution >= 0.6 is 0 Å². The second kappa shape index (κ2) is 44.6. The summed E-state index contributed by atoms with van der Waals surface area (Å²) < 4.78 is 143. The van der Waals surface area contributed by atoms with Crippen LogP contribution in [-0.2, 0) is 65.8 Å². The number of nitrogens with one attached hydrogen (secondary N) is 4. The molecule has 4 N–H and O–H groups in total. The second-order valence-electron chi connectivity index (χ2n) is 34.8. The average molecular weight is 1980 g/mol. The maximum absolute atomic E-state index is 13.6. The minimum absolute atomic E-state index is 0.142. The molecule has 12 heterocycles. The third-order valence-electron chi connectivity index (χ3n) is 25.6. The van der Waals surface area contributed by atoms with E-state index in [0.29, 0.717) is 263 Å². The minimum Gasteiger partial charge on any atom is -0.493 e. The molecule has 0 radical (unpaired) electrons. The van der Waals surface area contributed by atoms with Crippen LogP contribution in [0.3, 0.4) is 0 Å². The Kier molecular flexibility index (Phi) is 33.2. The minimum atomic E-state index is -3.72. The SMILES string of the molecule is CCCc1nc(C)c2c(=O)[nH]c(-c3cc(S(=O)(=O)N4CCN(C)CC4)ccc3OCC)nn12.CCCc1nc(C)c2c(=O)[nH]c(-c3cc(S(=O)(=O)N4CCN(C5CCCC5)CC4)ccc3OCC)nn12.CCCc1nc(C)c2c(=O)[nH]c(-c3cc(S(=O)(=O)N4CCN(CC)CC4)ccc3OCC)nn12.CCCc1nc(C)c2c(=O)[nH]c(-c3cc(S(=O)(=O)N4CCN(CC)CC4)ccc3OCC)nn12. The maximum Gasteiger partial charge on any atom is 0.277 e. The Bertz CT molecular complexity index is 6910. The van der Waals surface area contributed by atoms with Gasteiger partial charge in [-0.05, 0) is 187 Å². The summed E-state index contributed by atoms with van der Waals surface area (Å²) in [6.45, 7) is 39.3. The number of piperazine rings is 4. The van der Waals surface area contributed by atoms with E-state index in [2.05, 4.69) is 93.7 Å². The summed E-state index contributed by atoms with van der Waals surface area (Å²) in [5.74, 6) is 5.56. The lowest BCUT2D eigenvalue weighted by Crippen LogP contribution is -2.51. The fourth-order valence-electron chi connectivity index (χ4n) is 18.3. The molecule has 0 unspecified atom stereocenters. The first-order chi connectivity index (χ1) is 66.2. The largest absolute Gasteiger partial charge is 0.493 e. The highest BCUT2D eigenvalue weighted by Gasteiger charge is 2.37. The summed E-state index contributed by atoms with van der Waals surface area (Å²) in [4.78, 5) is 90.7. The van der Waals surface area contributed by atoms with E-state index in [4.69, 9.17) is 18.9 Å². The van der Waals surface area contributed by atoms with Gasteiger partial charge in [0.05, 0.1) is 91.0 Å². The van der Waals surface area contributed by atoms with E-state index >= 15 is 0 Å². The normalized spacial score (nSPS) is 16.4. The first-order valence-electron chi connectivity index (χ1n) is 48.1. The summed E-state index contributed by atoms with van der Waals surface area (Å²) in [6, 6.07) is 19.5. The zero-order valence-electron chi connectivity index (χ0n) is 81.7. The summed E-state index contributed by atoms with van der Waals surface area (Å²) in [6.07, 6.45) is 11.0. The Morgan fingerprint density at radius 1 is 0.326 bits per heavy atom. The third-order valence-corrected chi connectivity index (χ3v) is 33.2. The molecule has 138 heavy (non-hydrogen) atoms. The van der Waals surface area contributed by atoms with Gasteiger partial charge in [-0.15, -0.1) is 20.4 Å². The number of H-pyrrole nitrogens is 4. The number of hydrogen-bond acceptors (Lipinski definition) is 28. The molecule has 40 nitrogen and oxygen atoms in total. The number of sulfonamides is 4. The molecule has 8 aromatic heterocycles. The zero-order valence-corrected chi connectivity index (χ0v) is 84.9. The van der Waals surface area contributed by atoms with Gasteiger partial charge in [-0.25, -0.2) is 71.7 Å². The molecule has 4 aromatic carbocycles. The Balaban J connectivity index is 0.000000147. The van der Waals surface area contributed by atoms with Crippen LogP contribution in [0, 0.1) is 27.7 Å². The Labute approximate surface area is 804 Å². The quantitative estimate of drug-likeness (QED) is 0.0315. The smallest absolute Gasteiger partial charge is 0.277 e. The van der Waals surface area contributed by atoms with Crippen LogP contribution in [0.5, 0.6) is 23.0 Å². The average Bonchev–Trinajstić information content (AvgIpc) is 1.75. The standard InChI is InChI=1S/C26H36N6O4S.2C23H32N6O4S.C22H30N6O4S/c1-4-8-23-27-18(3)24-26(33)28-25(29-32(23)24)21-17-20(11-12-22(21)36-5-2)37(34,35)31-15-13-30(14-16-31)19-9-6-7-10-19;2*1-5-8-20-24-16(4)21-23(30)25-22(26-29(20)21)18-15-17(9-10-19(18)33-7-3)34(31,32)28-13-11-27(6-2)12-14-28;1-5-7-19-23-15(3)20-22(29)24-21(25-28(19)20)17-14-16(8-9-18(17)32-6-2)33(30,31)27-12-10-26(4)11-13-27/h11-12,17,19H,4-10,13-16H2,1-3H3,(H,28,29,33);2*9-10,15H,5-8,11-14H2,1-4H3,(H,25,26,30);8-9,14H,5-7,10-13H2,1-4H3,(H,24,25,29). The van der Waals surface area contributed by atoms with E-state index in [-0.39, 0.29) is 65.1 Å². The predicted molar refractivity (Wildman–Crippen MR) is 526 cm³/mol. The molecule has 1 saturated carbocycles. The van der Waals surface area contributed by atoms with Crippen molar-refractivity contribution in [2.45, 2.75) is 200 Å². The monoisotopic (exact) mass is 1980 g/mol. The molecule has 0 bridgehead atoms. The number of nitrogens with zero attached hydrogens (tertiary/aromatic N) is 20. The van der Waals surface area contributed by atoms with Crippen LogP contribution in [0.1, 0.15) is 167 Å². The van der Waals surface area contributed by atoms with Gasteiger partial charge in [0, 0.05) is 136 Å². The Morgan fingerprint density at radius 2 is 0.558 bits per heavy atom. The molecule has 4 aliphatic heterocycles. The van der Waals surface area contributed by atoms with Crippen molar-refractivity contribution in [2.24, 2.45) is 0 Å². The molecular weight excluding hydrogens is 1850 g/mol. The van der Waals surface area contributed by atoms with Crippen LogP contribution in [0.25, 0.3) is 67.6 Å². The first kappa shape index (κ1) is 103. The highest BCUT2D eigenvalue weighted by Crippen LogP contribution is 2.38. The van der Waals surface area contributed by atoms with Crippen molar-refractivity contribution in [3.63, 3.8) is 0 Å². The van der Waals surface area contributed by atoms with Crippen molar-refractivity contribution in [2.75, 3.05) is 151 Å². The van der Waals surface area contributed by atoms with E-state index in [1.165, 1.54) is 44.7 Å². The third kappa shape index (κ3) is 21.9. The van der Waals surface area contributed by atoms with Crippen LogP contribution < -0.4 is 41.2 Å². The van der Waals surface area contributed by atoms with Crippen LogP contribution in [-0.4, -0.2) is 306 Å². The van der Waals surface area contributed by atoms with Crippen molar-refractivity contribution in [1.29, 1.82) is 0 Å². The lowest BCUT2D eigenvalue weighted by molar-refractivity contribution is 0.139. The molecular formula is C94H130N24O16S4. The van der Waals surface area contributed by atoms with Crippen molar-refractivity contribution in [3.8, 4) is 68.5 Å². The van der Waals surface area contributed by atoms with Crippen LogP contribution in [0.4, 0.5) is 0 Å². The summed E-state index contributed by atoms with van der Waals surface area (Å²) in [7, 11) is -12.9. The Hall–Kier alpha value is -11.0. The van der Waals surface area contributed by atoms with E-state index in [0.717, 1.165) is 51.9 Å². The number of aromatic nitrogens is 16. The van der Waals surface area contributed by atoms with Crippen molar-refractivity contribution >= 4 is 62.2 Å². The summed E-state index contributed by atoms with van der Waals surface area (Å²) in [5.41, 5.74) is 4.38. The van der Waals surface area contributed by atoms with Gasteiger partial charge in [0.1, 0.15) is 46.3 Å². The van der Waals surface area contributed by atoms with E-state index in [1.807, 2.05) is 62.4 Å². The van der Waals surface area contributed by atoms with E-state index in [9.17, 15) is 52.8 Å². The van der Waals surface area contributed by atoms with Crippen LogP contribution in [0.2, 0.25) is 0 Å². The maximum atomic E-state index is 13.6. The number of likely N-dealkylation sites (N-methyl/N-ethyl adjacent to an activating group) is 3. The number of aryl methyl sites for hydroxylation is 8. The second-order valence-corrected chi connectivity index (χ2v) is 42.6. The summed E-state index contributed by atoms with van der Waals surface area (Å²) in [5, 5.41) is 18.6. The number of rotatable bonds is 31. The van der Waals surface area contributed by atoms with Crippen LogP contribution in [0.15, 0.2) is 112 Å². The van der Waals surface area contributed by atoms with Crippen molar-refractivity contribution in [3.05, 3.63) is 160 Å². The van der Waals surface area contributed by atoms with Crippen molar-refractivity contribution in [1.82, 2.24) is 115 Å². The zero-order chi connectivity index (χ0) is 98.8. The molecule has 44 heteroatoms. The number of aromatic amines is 4. The molecule has 1 aliphatic carbocycles. The number of hydrogen-bond donors (Lipinski definition) is 4. The van der Waals surface area contributed by atoms with Gasteiger partial charge in [-0.1, -0.05) is 54.4 Å². The van der Waals surface area contributed by atoms with Gasteiger partial charge in [0.25, 0.3) is 22.2 Å². The van der Waals surface area contributed by atoms with Gasteiger partial charge in [-0.3, -0.25) is 24.1 Å². The lowest BCUT2D eigenvalue weighted by atomic mass is 10.2. The van der Waals surface area contributed by atoms with Gasteiger partial charge in [0.15, 0.2) is 45.4 Å². The molecule has 746 valence electrons. The lowest BCUT2D eigenvalue weighted by Gasteiger charge is -2.37. The van der Waals surface area contributed by atoms with Gasteiger partial charge in [-0.2, -0.15) is 17.2 Å². The highest BCUT2D eigenvalue weighted by atomic mass is 32.2. The van der Waals surface area contributed by atoms with E-state index in [1.54, 1.807) is 117 Å². The predicted octanol–water partition coefficient (Wildman–Crippen LogP) is 8.81. The Morgan fingerprint density at radius 3 is 0.783 bits per heavy atom.